The first-order valence-corrected chi connectivity index (χ1v) is 8.78. The predicted molar refractivity (Wildman–Crippen MR) is 103 cm³/mol. The quantitative estimate of drug-likeness (QED) is 0.637. The monoisotopic (exact) mass is 352 g/mol. The van der Waals surface area contributed by atoms with E-state index in [0.29, 0.717) is 30.8 Å². The average Bonchev–Trinajstić information content (AvgIpc) is 2.62. The highest BCUT2D eigenvalue weighted by atomic mass is 16.3. The van der Waals surface area contributed by atoms with Crippen LogP contribution in [0.1, 0.15) is 29.7 Å². The first-order chi connectivity index (χ1) is 12.5. The van der Waals surface area contributed by atoms with Gasteiger partial charge in [0.1, 0.15) is 5.75 Å². The van der Waals surface area contributed by atoms with Crippen molar-refractivity contribution >= 4 is 10.9 Å². The lowest BCUT2D eigenvalue weighted by atomic mass is 10.1. The molecule has 1 heterocycles. The molecule has 5 heteroatoms. The van der Waals surface area contributed by atoms with E-state index in [2.05, 4.69) is 4.98 Å². The molecule has 5 nitrogen and oxygen atoms in total. The van der Waals surface area contributed by atoms with Gasteiger partial charge in [-0.25, -0.2) is 0 Å². The number of aliphatic hydroxyl groups is 1. The Morgan fingerprint density at radius 3 is 2.65 bits per heavy atom. The SMILES string of the molecule is CCN(Cc1cc2cccc(C)c2[nH]c1=O)C[C@@H](O)c1cccc(O)c1. The van der Waals surface area contributed by atoms with Gasteiger partial charge in [-0.15, -0.1) is 0 Å². The molecule has 3 aromatic rings. The summed E-state index contributed by atoms with van der Waals surface area (Å²) in [4.78, 5) is 17.4. The number of hydrogen-bond donors (Lipinski definition) is 3. The minimum Gasteiger partial charge on any atom is -0.508 e. The van der Waals surface area contributed by atoms with Gasteiger partial charge >= 0.3 is 0 Å². The Kier molecular flexibility index (Phi) is 5.40. The summed E-state index contributed by atoms with van der Waals surface area (Å²) in [6.07, 6.45) is -0.733. The molecule has 136 valence electrons. The van der Waals surface area contributed by atoms with E-state index in [4.69, 9.17) is 0 Å². The van der Waals surface area contributed by atoms with Crippen LogP contribution >= 0.6 is 0 Å². The van der Waals surface area contributed by atoms with E-state index >= 15 is 0 Å². The Labute approximate surface area is 152 Å². The molecule has 3 rings (SSSR count). The van der Waals surface area contributed by atoms with Crippen molar-refractivity contribution in [1.82, 2.24) is 9.88 Å². The van der Waals surface area contributed by atoms with Crippen LogP contribution in [0, 0.1) is 6.92 Å². The number of fused-ring (bicyclic) bond motifs is 1. The van der Waals surface area contributed by atoms with Crippen molar-refractivity contribution in [2.75, 3.05) is 13.1 Å². The first kappa shape index (κ1) is 18.2. The van der Waals surface area contributed by atoms with Crippen LogP contribution < -0.4 is 5.56 Å². The predicted octanol–water partition coefficient (Wildman–Crippen LogP) is 3.10. The fraction of sp³-hybridized carbons (Fsp3) is 0.286. The summed E-state index contributed by atoms with van der Waals surface area (Å²) in [5, 5.41) is 21.0. The van der Waals surface area contributed by atoms with Gasteiger partial charge in [-0.2, -0.15) is 0 Å². The summed E-state index contributed by atoms with van der Waals surface area (Å²) < 4.78 is 0. The molecule has 0 fully saturated rings. The van der Waals surface area contributed by atoms with Crippen LogP contribution in [0.5, 0.6) is 5.75 Å². The number of nitrogens with zero attached hydrogens (tertiary/aromatic N) is 1. The van der Waals surface area contributed by atoms with Crippen molar-refractivity contribution < 1.29 is 10.2 Å². The number of rotatable bonds is 6. The lowest BCUT2D eigenvalue weighted by Crippen LogP contribution is -2.30. The third kappa shape index (κ3) is 3.95. The standard InChI is InChI=1S/C21H24N2O3/c1-3-23(13-19(25)15-7-5-9-18(24)11-15)12-17-10-16-8-4-6-14(2)20(16)22-21(17)26/h4-11,19,24-25H,3,12-13H2,1-2H3,(H,22,26)/t19-/m1/s1. The lowest BCUT2D eigenvalue weighted by Gasteiger charge is -2.23. The zero-order valence-electron chi connectivity index (χ0n) is 15.1. The third-order valence-corrected chi connectivity index (χ3v) is 4.69. The van der Waals surface area contributed by atoms with Crippen molar-refractivity contribution in [2.45, 2.75) is 26.5 Å². The highest BCUT2D eigenvalue weighted by Gasteiger charge is 2.15. The number of pyridine rings is 1. The van der Waals surface area contributed by atoms with Gasteiger partial charge in [-0.1, -0.05) is 37.3 Å². The van der Waals surface area contributed by atoms with Crippen molar-refractivity contribution in [2.24, 2.45) is 0 Å². The summed E-state index contributed by atoms with van der Waals surface area (Å²) in [6.45, 7) is 5.49. The molecule has 0 spiro atoms. The Bertz CT molecular complexity index is 965. The molecule has 0 aliphatic rings. The van der Waals surface area contributed by atoms with Crippen LogP contribution in [0.25, 0.3) is 10.9 Å². The molecule has 3 N–H and O–H groups in total. The molecular weight excluding hydrogens is 328 g/mol. The lowest BCUT2D eigenvalue weighted by molar-refractivity contribution is 0.112. The summed E-state index contributed by atoms with van der Waals surface area (Å²) >= 11 is 0. The van der Waals surface area contributed by atoms with Gasteiger partial charge in [0.2, 0.25) is 0 Å². The van der Waals surface area contributed by atoms with E-state index in [1.165, 1.54) is 0 Å². The molecule has 0 unspecified atom stereocenters. The van der Waals surface area contributed by atoms with E-state index in [0.717, 1.165) is 16.5 Å². The fourth-order valence-corrected chi connectivity index (χ4v) is 3.17. The molecule has 2 aromatic carbocycles. The number of phenols is 1. The molecule has 0 aliphatic carbocycles. The number of likely N-dealkylation sites (N-methyl/N-ethyl adjacent to an activating group) is 1. The fourth-order valence-electron chi connectivity index (χ4n) is 3.17. The van der Waals surface area contributed by atoms with Gasteiger partial charge in [0.25, 0.3) is 5.56 Å². The highest BCUT2D eigenvalue weighted by molar-refractivity contribution is 5.81. The summed E-state index contributed by atoms with van der Waals surface area (Å²) in [7, 11) is 0. The first-order valence-electron chi connectivity index (χ1n) is 8.78. The van der Waals surface area contributed by atoms with Crippen molar-refractivity contribution in [3.8, 4) is 5.75 Å². The second-order valence-electron chi connectivity index (χ2n) is 6.60. The number of aromatic nitrogens is 1. The van der Waals surface area contributed by atoms with Crippen LogP contribution in [-0.2, 0) is 6.54 Å². The van der Waals surface area contributed by atoms with Crippen molar-refractivity contribution in [1.29, 1.82) is 0 Å². The maximum Gasteiger partial charge on any atom is 0.252 e. The number of aromatic hydroxyl groups is 1. The van der Waals surface area contributed by atoms with E-state index < -0.39 is 6.10 Å². The molecule has 0 bridgehead atoms. The van der Waals surface area contributed by atoms with E-state index in [9.17, 15) is 15.0 Å². The topological polar surface area (TPSA) is 76.6 Å². The van der Waals surface area contributed by atoms with Gasteiger partial charge in [-0.3, -0.25) is 9.69 Å². The number of benzene rings is 2. The molecular formula is C21H24N2O3. The zero-order chi connectivity index (χ0) is 18.7. The largest absolute Gasteiger partial charge is 0.508 e. The van der Waals surface area contributed by atoms with Crippen LogP contribution in [0.4, 0.5) is 0 Å². The second kappa shape index (κ2) is 7.72. The highest BCUT2D eigenvalue weighted by Crippen LogP contribution is 2.20. The summed E-state index contributed by atoms with van der Waals surface area (Å²) in [6, 6.07) is 14.5. The molecule has 0 saturated carbocycles. The molecule has 26 heavy (non-hydrogen) atoms. The van der Waals surface area contributed by atoms with Crippen LogP contribution in [0.15, 0.2) is 53.3 Å². The van der Waals surface area contributed by atoms with Crippen molar-refractivity contribution in [3.63, 3.8) is 0 Å². The number of aryl methyl sites for hydroxylation is 1. The van der Waals surface area contributed by atoms with Crippen molar-refractivity contribution in [3.05, 3.63) is 75.6 Å². The summed E-state index contributed by atoms with van der Waals surface area (Å²) in [5.41, 5.74) is 3.14. The molecule has 0 aliphatic heterocycles. The Balaban J connectivity index is 1.81. The van der Waals surface area contributed by atoms with Gasteiger partial charge in [0.15, 0.2) is 0 Å². The number of phenolic OH excluding ortho intramolecular Hbond substituents is 1. The Morgan fingerprint density at radius 2 is 1.92 bits per heavy atom. The smallest absolute Gasteiger partial charge is 0.252 e. The number of H-pyrrole nitrogens is 1. The Hall–Kier alpha value is -2.63. The average molecular weight is 352 g/mol. The number of para-hydroxylation sites is 1. The van der Waals surface area contributed by atoms with Gasteiger partial charge in [-0.05, 0) is 48.2 Å². The summed E-state index contributed by atoms with van der Waals surface area (Å²) in [5.74, 6) is 0.131. The molecule has 1 aromatic heterocycles. The molecule has 0 radical (unpaired) electrons. The second-order valence-corrected chi connectivity index (χ2v) is 6.60. The van der Waals surface area contributed by atoms with E-state index in [-0.39, 0.29) is 11.3 Å². The van der Waals surface area contributed by atoms with Crippen LogP contribution in [-0.4, -0.2) is 33.2 Å². The van der Waals surface area contributed by atoms with Gasteiger partial charge in [0, 0.05) is 18.7 Å². The van der Waals surface area contributed by atoms with E-state index in [1.807, 2.05) is 43.0 Å². The number of aliphatic hydroxyl groups excluding tert-OH is 1. The molecule has 0 saturated heterocycles. The normalized spacial score (nSPS) is 12.6. The van der Waals surface area contributed by atoms with Gasteiger partial charge < -0.3 is 15.2 Å². The maximum absolute atomic E-state index is 12.5. The minimum absolute atomic E-state index is 0.0999. The zero-order valence-corrected chi connectivity index (χ0v) is 15.1. The van der Waals surface area contributed by atoms with E-state index in [1.54, 1.807) is 24.3 Å². The maximum atomic E-state index is 12.5. The number of hydrogen-bond acceptors (Lipinski definition) is 4. The third-order valence-electron chi connectivity index (χ3n) is 4.69. The molecule has 1 atom stereocenters. The number of nitrogens with one attached hydrogen (secondary N) is 1. The van der Waals surface area contributed by atoms with Crippen LogP contribution in [0.2, 0.25) is 0 Å². The Morgan fingerprint density at radius 1 is 1.15 bits per heavy atom. The molecule has 0 amide bonds. The number of aromatic amines is 1. The minimum atomic E-state index is -0.733. The van der Waals surface area contributed by atoms with Crippen LogP contribution in [0.3, 0.4) is 0 Å². The van der Waals surface area contributed by atoms with Gasteiger partial charge in [0.05, 0.1) is 11.6 Å².